The molecule has 0 amide bonds. The second-order valence-electron chi connectivity index (χ2n) is 5.39. The largest absolute Gasteiger partial charge is 0.489 e. The van der Waals surface area contributed by atoms with Gasteiger partial charge in [-0.05, 0) is 48.0 Å². The van der Waals surface area contributed by atoms with Gasteiger partial charge in [0.2, 0.25) is 0 Å². The maximum Gasteiger partial charge on any atom is 0.124 e. The van der Waals surface area contributed by atoms with Gasteiger partial charge in [0, 0.05) is 22.3 Å². The minimum atomic E-state index is -0.241. The van der Waals surface area contributed by atoms with E-state index in [0.29, 0.717) is 13.2 Å². The molecule has 4 heteroatoms. The molecule has 0 radical (unpaired) electrons. The molecule has 0 aromatic heterocycles. The van der Waals surface area contributed by atoms with Gasteiger partial charge in [0.1, 0.15) is 18.2 Å². The van der Waals surface area contributed by atoms with Crippen molar-refractivity contribution in [1.29, 1.82) is 0 Å². The molecule has 0 unspecified atom stereocenters. The number of anilines is 1. The Morgan fingerprint density at radius 1 is 0.917 bits per heavy atom. The molecule has 24 heavy (non-hydrogen) atoms. The molecule has 0 aliphatic carbocycles. The average Bonchev–Trinajstić information content (AvgIpc) is 2.61. The summed E-state index contributed by atoms with van der Waals surface area (Å²) in [5.74, 6) is 0.570. The molecule has 3 aromatic rings. The van der Waals surface area contributed by atoms with E-state index in [2.05, 4.69) is 21.2 Å². The van der Waals surface area contributed by atoms with Gasteiger partial charge in [0.25, 0.3) is 0 Å². The van der Waals surface area contributed by atoms with Crippen LogP contribution in [0, 0.1) is 5.82 Å². The Balaban J connectivity index is 1.69. The second-order valence-corrected chi connectivity index (χ2v) is 6.30. The Kier molecular flexibility index (Phi) is 5.49. The van der Waals surface area contributed by atoms with E-state index in [-0.39, 0.29) is 5.82 Å². The van der Waals surface area contributed by atoms with Gasteiger partial charge in [0.15, 0.2) is 0 Å². The molecule has 3 aromatic carbocycles. The number of para-hydroxylation sites is 1. The van der Waals surface area contributed by atoms with Crippen molar-refractivity contribution in [3.63, 3.8) is 0 Å². The lowest BCUT2D eigenvalue weighted by molar-refractivity contribution is 0.303. The summed E-state index contributed by atoms with van der Waals surface area (Å²) in [5.41, 5.74) is 3.04. The quantitative estimate of drug-likeness (QED) is 0.580. The zero-order chi connectivity index (χ0) is 16.8. The maximum atomic E-state index is 13.0. The van der Waals surface area contributed by atoms with Crippen molar-refractivity contribution in [2.45, 2.75) is 13.2 Å². The van der Waals surface area contributed by atoms with Crippen LogP contribution in [-0.2, 0) is 13.2 Å². The van der Waals surface area contributed by atoms with Gasteiger partial charge >= 0.3 is 0 Å². The van der Waals surface area contributed by atoms with E-state index in [1.165, 1.54) is 12.1 Å². The standard InChI is InChI=1S/C20H17BrFNO/c21-17-8-11-20(24-14-15-6-9-18(22)10-7-15)16(12-17)13-23-19-4-2-1-3-5-19/h1-12,23H,13-14H2. The predicted octanol–water partition coefficient (Wildman–Crippen LogP) is 5.78. The van der Waals surface area contributed by atoms with E-state index in [9.17, 15) is 4.39 Å². The maximum absolute atomic E-state index is 13.0. The first-order chi connectivity index (χ1) is 11.7. The third kappa shape index (κ3) is 4.59. The van der Waals surface area contributed by atoms with Crippen LogP contribution in [0.4, 0.5) is 10.1 Å². The monoisotopic (exact) mass is 385 g/mol. The minimum absolute atomic E-state index is 0.241. The number of rotatable bonds is 6. The van der Waals surface area contributed by atoms with E-state index in [4.69, 9.17) is 4.74 Å². The molecule has 0 saturated heterocycles. The summed E-state index contributed by atoms with van der Waals surface area (Å²) in [7, 11) is 0. The lowest BCUT2D eigenvalue weighted by Crippen LogP contribution is -2.04. The molecule has 0 bridgehead atoms. The summed E-state index contributed by atoms with van der Waals surface area (Å²) in [6, 6.07) is 22.3. The molecule has 0 saturated carbocycles. The van der Waals surface area contributed by atoms with E-state index >= 15 is 0 Å². The number of ether oxygens (including phenoxy) is 1. The molecule has 1 N–H and O–H groups in total. The summed E-state index contributed by atoms with van der Waals surface area (Å²) >= 11 is 3.50. The molecule has 0 heterocycles. The zero-order valence-corrected chi connectivity index (χ0v) is 14.6. The third-order valence-corrected chi connectivity index (χ3v) is 4.08. The second kappa shape index (κ2) is 7.97. The summed E-state index contributed by atoms with van der Waals surface area (Å²) < 4.78 is 19.9. The van der Waals surface area contributed by atoms with Crippen LogP contribution in [0.3, 0.4) is 0 Å². The van der Waals surface area contributed by atoms with Gasteiger partial charge in [-0.15, -0.1) is 0 Å². The highest BCUT2D eigenvalue weighted by Crippen LogP contribution is 2.25. The fourth-order valence-corrected chi connectivity index (χ4v) is 2.73. The van der Waals surface area contributed by atoms with E-state index in [1.807, 2.05) is 48.5 Å². The van der Waals surface area contributed by atoms with Gasteiger partial charge in [-0.2, -0.15) is 0 Å². The zero-order valence-electron chi connectivity index (χ0n) is 13.0. The molecular formula is C20H17BrFNO. The van der Waals surface area contributed by atoms with Crippen LogP contribution in [0.5, 0.6) is 5.75 Å². The van der Waals surface area contributed by atoms with E-state index in [0.717, 1.165) is 27.0 Å². The first-order valence-electron chi connectivity index (χ1n) is 7.65. The Labute approximate surface area is 149 Å². The highest BCUT2D eigenvalue weighted by atomic mass is 79.9. The molecule has 0 aliphatic rings. The molecule has 0 spiro atoms. The van der Waals surface area contributed by atoms with Crippen molar-refractivity contribution < 1.29 is 9.13 Å². The van der Waals surface area contributed by atoms with E-state index in [1.54, 1.807) is 12.1 Å². The van der Waals surface area contributed by atoms with Gasteiger partial charge in [-0.1, -0.05) is 46.3 Å². The number of hydrogen-bond acceptors (Lipinski definition) is 2. The fraction of sp³-hybridized carbons (Fsp3) is 0.100. The Bertz CT molecular complexity index is 790. The van der Waals surface area contributed by atoms with Crippen molar-refractivity contribution in [2.75, 3.05) is 5.32 Å². The molecule has 122 valence electrons. The van der Waals surface area contributed by atoms with Crippen molar-refractivity contribution >= 4 is 21.6 Å². The molecule has 3 rings (SSSR count). The van der Waals surface area contributed by atoms with Crippen LogP contribution in [0.15, 0.2) is 77.3 Å². The fourth-order valence-electron chi connectivity index (χ4n) is 2.32. The lowest BCUT2D eigenvalue weighted by Gasteiger charge is -2.13. The number of hydrogen-bond donors (Lipinski definition) is 1. The van der Waals surface area contributed by atoms with Crippen LogP contribution in [0.25, 0.3) is 0 Å². The topological polar surface area (TPSA) is 21.3 Å². The first-order valence-corrected chi connectivity index (χ1v) is 8.44. The van der Waals surface area contributed by atoms with Crippen molar-refractivity contribution in [3.05, 3.63) is 94.2 Å². The van der Waals surface area contributed by atoms with E-state index < -0.39 is 0 Å². The Morgan fingerprint density at radius 2 is 1.67 bits per heavy atom. The van der Waals surface area contributed by atoms with Gasteiger partial charge < -0.3 is 10.1 Å². The summed E-state index contributed by atoms with van der Waals surface area (Å²) in [6.45, 7) is 1.06. The minimum Gasteiger partial charge on any atom is -0.489 e. The average molecular weight is 386 g/mol. The van der Waals surface area contributed by atoms with Crippen LogP contribution >= 0.6 is 15.9 Å². The Hall–Kier alpha value is -2.33. The van der Waals surface area contributed by atoms with Crippen molar-refractivity contribution in [3.8, 4) is 5.75 Å². The van der Waals surface area contributed by atoms with Crippen molar-refractivity contribution in [1.82, 2.24) is 0 Å². The SMILES string of the molecule is Fc1ccc(COc2ccc(Br)cc2CNc2ccccc2)cc1. The summed E-state index contributed by atoms with van der Waals surface area (Å²) in [4.78, 5) is 0. The van der Waals surface area contributed by atoms with Crippen LogP contribution in [-0.4, -0.2) is 0 Å². The van der Waals surface area contributed by atoms with Crippen LogP contribution < -0.4 is 10.1 Å². The molecule has 0 fully saturated rings. The molecule has 0 aliphatic heterocycles. The molecule has 2 nitrogen and oxygen atoms in total. The number of nitrogens with one attached hydrogen (secondary N) is 1. The predicted molar refractivity (Wildman–Crippen MR) is 98.6 cm³/mol. The Morgan fingerprint density at radius 3 is 2.42 bits per heavy atom. The number of benzene rings is 3. The number of halogens is 2. The van der Waals surface area contributed by atoms with Crippen LogP contribution in [0.1, 0.15) is 11.1 Å². The highest BCUT2D eigenvalue weighted by Gasteiger charge is 2.06. The summed E-state index contributed by atoms with van der Waals surface area (Å²) in [6.07, 6.45) is 0. The molecular weight excluding hydrogens is 369 g/mol. The molecule has 0 atom stereocenters. The normalized spacial score (nSPS) is 10.4. The third-order valence-electron chi connectivity index (χ3n) is 3.59. The smallest absolute Gasteiger partial charge is 0.124 e. The van der Waals surface area contributed by atoms with Gasteiger partial charge in [-0.25, -0.2) is 4.39 Å². The lowest BCUT2D eigenvalue weighted by atomic mass is 10.2. The first kappa shape index (κ1) is 16.5. The van der Waals surface area contributed by atoms with Gasteiger partial charge in [0.05, 0.1) is 0 Å². The van der Waals surface area contributed by atoms with Crippen molar-refractivity contribution in [2.24, 2.45) is 0 Å². The van der Waals surface area contributed by atoms with Gasteiger partial charge in [-0.3, -0.25) is 0 Å². The highest BCUT2D eigenvalue weighted by molar-refractivity contribution is 9.10. The van der Waals surface area contributed by atoms with Crippen LogP contribution in [0.2, 0.25) is 0 Å². The summed E-state index contributed by atoms with van der Waals surface area (Å²) in [5, 5.41) is 3.38.